The number of benzene rings is 1. The Morgan fingerprint density at radius 2 is 2.00 bits per heavy atom. The number of nitrogens with one attached hydrogen (secondary N) is 1. The number of unbranched alkanes of at least 4 members (excludes halogenated alkanes) is 1. The van der Waals surface area contributed by atoms with Gasteiger partial charge in [0, 0.05) is 5.69 Å². The van der Waals surface area contributed by atoms with Gasteiger partial charge in [-0.25, -0.2) is 4.98 Å². The zero-order valence-electron chi connectivity index (χ0n) is 16.1. The van der Waals surface area contributed by atoms with Gasteiger partial charge in [0.05, 0.1) is 22.1 Å². The summed E-state index contributed by atoms with van der Waals surface area (Å²) >= 11 is 1.27. The lowest BCUT2D eigenvalue weighted by Crippen LogP contribution is -2.26. The predicted octanol–water partition coefficient (Wildman–Crippen LogP) is 3.90. The molecule has 0 radical (unpaired) electrons. The third kappa shape index (κ3) is 5.57. The number of aromatic nitrogens is 1. The minimum atomic E-state index is -0.603. The SMILES string of the molecule is CCCCc1ccc(C#N)c(SC(CC)C(=O)Nc2ccccc2C(N)=O)n1. The molecule has 0 saturated heterocycles. The maximum Gasteiger partial charge on any atom is 0.250 e. The fraction of sp³-hybridized carbons (Fsp3) is 0.333. The Kier molecular flexibility index (Phi) is 8.02. The van der Waals surface area contributed by atoms with Gasteiger partial charge < -0.3 is 11.1 Å². The number of aryl methyl sites for hydroxylation is 1. The Morgan fingerprint density at radius 1 is 1.25 bits per heavy atom. The van der Waals surface area contributed by atoms with Crippen LogP contribution in [0.1, 0.15) is 54.7 Å². The van der Waals surface area contributed by atoms with Crippen LogP contribution >= 0.6 is 11.8 Å². The molecular weight excluding hydrogens is 372 g/mol. The number of thioether (sulfide) groups is 1. The van der Waals surface area contributed by atoms with E-state index in [4.69, 9.17) is 5.73 Å². The first-order valence-corrected chi connectivity index (χ1v) is 10.1. The van der Waals surface area contributed by atoms with Crippen molar-refractivity contribution in [2.75, 3.05) is 5.32 Å². The molecule has 28 heavy (non-hydrogen) atoms. The third-order valence-corrected chi connectivity index (χ3v) is 5.56. The molecular formula is C21H24N4O2S. The highest BCUT2D eigenvalue weighted by Gasteiger charge is 2.22. The van der Waals surface area contributed by atoms with Crippen molar-refractivity contribution in [3.05, 3.63) is 53.2 Å². The topological polar surface area (TPSA) is 109 Å². The van der Waals surface area contributed by atoms with E-state index in [9.17, 15) is 14.9 Å². The van der Waals surface area contributed by atoms with E-state index in [0.717, 1.165) is 25.0 Å². The number of pyridine rings is 1. The largest absolute Gasteiger partial charge is 0.366 e. The number of nitrogens with zero attached hydrogens (tertiary/aromatic N) is 2. The molecule has 6 nitrogen and oxygen atoms in total. The molecule has 2 amide bonds. The van der Waals surface area contributed by atoms with Crippen molar-refractivity contribution < 1.29 is 9.59 Å². The molecule has 0 saturated carbocycles. The summed E-state index contributed by atoms with van der Waals surface area (Å²) in [6, 6.07) is 12.4. The minimum absolute atomic E-state index is 0.258. The molecule has 3 N–H and O–H groups in total. The number of para-hydroxylation sites is 1. The lowest BCUT2D eigenvalue weighted by Gasteiger charge is -2.16. The molecule has 0 bridgehead atoms. The summed E-state index contributed by atoms with van der Waals surface area (Å²) in [6.07, 6.45) is 3.46. The summed E-state index contributed by atoms with van der Waals surface area (Å²) in [5.41, 5.74) is 7.38. The lowest BCUT2D eigenvalue weighted by molar-refractivity contribution is -0.115. The van der Waals surface area contributed by atoms with Crippen LogP contribution in [0.15, 0.2) is 41.4 Å². The first-order chi connectivity index (χ1) is 13.5. The van der Waals surface area contributed by atoms with Crippen LogP contribution in [0.5, 0.6) is 0 Å². The molecule has 0 aliphatic heterocycles. The maximum absolute atomic E-state index is 12.8. The summed E-state index contributed by atoms with van der Waals surface area (Å²) in [5.74, 6) is -0.862. The van der Waals surface area contributed by atoms with Crippen LogP contribution in [-0.4, -0.2) is 22.0 Å². The van der Waals surface area contributed by atoms with Gasteiger partial charge in [0.15, 0.2) is 0 Å². The smallest absolute Gasteiger partial charge is 0.250 e. The molecule has 1 unspecified atom stereocenters. The Balaban J connectivity index is 2.21. The summed E-state index contributed by atoms with van der Waals surface area (Å²) in [4.78, 5) is 28.9. The van der Waals surface area contributed by atoms with Crippen molar-refractivity contribution in [1.29, 1.82) is 5.26 Å². The van der Waals surface area contributed by atoms with Gasteiger partial charge in [-0.15, -0.1) is 0 Å². The average molecular weight is 397 g/mol. The molecule has 1 aromatic heterocycles. The van der Waals surface area contributed by atoms with Crippen molar-refractivity contribution in [2.45, 2.75) is 49.8 Å². The molecule has 1 aromatic carbocycles. The number of primary amides is 1. The second-order valence-corrected chi connectivity index (χ2v) is 7.48. The summed E-state index contributed by atoms with van der Waals surface area (Å²) < 4.78 is 0. The van der Waals surface area contributed by atoms with E-state index in [-0.39, 0.29) is 11.5 Å². The summed E-state index contributed by atoms with van der Waals surface area (Å²) in [6.45, 7) is 4.00. The van der Waals surface area contributed by atoms with Crippen molar-refractivity contribution in [3.63, 3.8) is 0 Å². The number of nitrogens with two attached hydrogens (primary N) is 1. The van der Waals surface area contributed by atoms with E-state index in [1.807, 2.05) is 13.0 Å². The van der Waals surface area contributed by atoms with E-state index < -0.39 is 11.2 Å². The summed E-state index contributed by atoms with van der Waals surface area (Å²) in [7, 11) is 0. The highest BCUT2D eigenvalue weighted by Crippen LogP contribution is 2.28. The number of amides is 2. The van der Waals surface area contributed by atoms with Crippen LogP contribution in [0.2, 0.25) is 0 Å². The highest BCUT2D eigenvalue weighted by atomic mass is 32.2. The number of nitriles is 1. The number of rotatable bonds is 9. The Hall–Kier alpha value is -2.85. The van der Waals surface area contributed by atoms with Gasteiger partial charge in [0.2, 0.25) is 5.91 Å². The average Bonchev–Trinajstić information content (AvgIpc) is 2.70. The fourth-order valence-corrected chi connectivity index (χ4v) is 3.64. The van der Waals surface area contributed by atoms with Crippen molar-refractivity contribution >= 4 is 29.3 Å². The van der Waals surface area contributed by atoms with Gasteiger partial charge in [0.25, 0.3) is 5.91 Å². The van der Waals surface area contributed by atoms with Crippen molar-refractivity contribution in [1.82, 2.24) is 4.98 Å². The predicted molar refractivity (Wildman–Crippen MR) is 111 cm³/mol. The number of anilines is 1. The first-order valence-electron chi connectivity index (χ1n) is 9.26. The van der Waals surface area contributed by atoms with Crippen LogP contribution in [-0.2, 0) is 11.2 Å². The summed E-state index contributed by atoms with van der Waals surface area (Å²) in [5, 5.41) is 12.3. The van der Waals surface area contributed by atoms with Crippen LogP contribution in [0.4, 0.5) is 5.69 Å². The number of hydrogen-bond acceptors (Lipinski definition) is 5. The first kappa shape index (κ1) is 21.5. The zero-order chi connectivity index (χ0) is 20.5. The van der Waals surface area contributed by atoms with Crippen molar-refractivity contribution in [2.24, 2.45) is 5.73 Å². The highest BCUT2D eigenvalue weighted by molar-refractivity contribution is 8.00. The molecule has 0 aliphatic rings. The Morgan fingerprint density at radius 3 is 2.64 bits per heavy atom. The van der Waals surface area contributed by atoms with Gasteiger partial charge in [-0.1, -0.05) is 44.2 Å². The molecule has 1 heterocycles. The van der Waals surface area contributed by atoms with Gasteiger partial charge in [-0.2, -0.15) is 5.26 Å². The molecule has 2 aromatic rings. The van der Waals surface area contributed by atoms with E-state index >= 15 is 0 Å². The monoisotopic (exact) mass is 396 g/mol. The lowest BCUT2D eigenvalue weighted by atomic mass is 10.1. The third-order valence-electron chi connectivity index (χ3n) is 4.19. The standard InChI is InChI=1S/C21H24N4O2S/c1-3-5-8-15-12-11-14(13-22)21(24-15)28-18(4-2)20(27)25-17-10-7-6-9-16(17)19(23)26/h6-7,9-12,18H,3-5,8H2,1-2H3,(H2,23,26)(H,25,27). The second-order valence-electron chi connectivity index (χ2n) is 6.28. The maximum atomic E-state index is 12.8. The quantitative estimate of drug-likeness (QED) is 0.625. The van der Waals surface area contributed by atoms with E-state index in [1.165, 1.54) is 11.8 Å². The number of carbonyl (C=O) groups is 2. The van der Waals surface area contributed by atoms with Gasteiger partial charge in [-0.3, -0.25) is 9.59 Å². The Bertz CT molecular complexity index is 892. The van der Waals surface area contributed by atoms with Gasteiger partial charge >= 0.3 is 0 Å². The molecule has 146 valence electrons. The minimum Gasteiger partial charge on any atom is -0.366 e. The normalized spacial score (nSPS) is 11.5. The van der Waals surface area contributed by atoms with Gasteiger partial charge in [0.1, 0.15) is 11.1 Å². The fourth-order valence-electron chi connectivity index (χ4n) is 2.63. The van der Waals surface area contributed by atoms with Crippen LogP contribution in [0, 0.1) is 11.3 Å². The number of hydrogen-bond donors (Lipinski definition) is 2. The zero-order valence-corrected chi connectivity index (χ0v) is 16.9. The van der Waals surface area contributed by atoms with Crippen LogP contribution in [0.3, 0.4) is 0 Å². The molecule has 0 spiro atoms. The molecule has 1 atom stereocenters. The molecule has 2 rings (SSSR count). The van der Waals surface area contributed by atoms with Crippen LogP contribution < -0.4 is 11.1 Å². The molecule has 0 fully saturated rings. The molecule has 0 aliphatic carbocycles. The Labute approximate surface area is 169 Å². The number of carbonyl (C=O) groups excluding carboxylic acids is 2. The van der Waals surface area contributed by atoms with Crippen LogP contribution in [0.25, 0.3) is 0 Å². The van der Waals surface area contributed by atoms with E-state index in [2.05, 4.69) is 23.3 Å². The van der Waals surface area contributed by atoms with E-state index in [0.29, 0.717) is 22.7 Å². The van der Waals surface area contributed by atoms with E-state index in [1.54, 1.807) is 30.3 Å². The molecule has 7 heteroatoms. The second kappa shape index (κ2) is 10.5. The van der Waals surface area contributed by atoms with Crippen molar-refractivity contribution in [3.8, 4) is 6.07 Å². The van der Waals surface area contributed by atoms with Gasteiger partial charge in [-0.05, 0) is 43.5 Å².